The highest BCUT2D eigenvalue weighted by Crippen LogP contribution is 2.31. The first-order valence-corrected chi connectivity index (χ1v) is 8.81. The van der Waals surface area contributed by atoms with Gasteiger partial charge in [-0.2, -0.15) is 0 Å². The third-order valence-electron chi connectivity index (χ3n) is 4.81. The summed E-state index contributed by atoms with van der Waals surface area (Å²) in [4.78, 5) is 16.3. The van der Waals surface area contributed by atoms with Gasteiger partial charge in [0, 0.05) is 24.0 Å². The molecule has 2 aromatic carbocycles. The molecule has 5 heteroatoms. The van der Waals surface area contributed by atoms with E-state index in [1.807, 2.05) is 36.4 Å². The summed E-state index contributed by atoms with van der Waals surface area (Å²) in [6.45, 7) is 0.431. The normalized spacial score (nSPS) is 13.8. The van der Waals surface area contributed by atoms with Crippen LogP contribution in [0.15, 0.2) is 48.7 Å². The first-order chi connectivity index (χ1) is 12.7. The van der Waals surface area contributed by atoms with Crippen molar-refractivity contribution in [2.45, 2.75) is 26.0 Å². The number of aliphatic hydroxyl groups is 1. The lowest BCUT2D eigenvalue weighted by Gasteiger charge is -2.11. The molecule has 132 valence electrons. The standard InChI is InChI=1S/C21H21N3O2/c22-10-17-2-1-13(12-25)7-19(17)16-6-5-15-9-20(23-11-18(15)8-16)24-21(26)14-3-4-14/h1-2,5-9,11,14,25H,3-4,10,12,22H2,(H,23,24,26). The van der Waals surface area contributed by atoms with Crippen molar-refractivity contribution in [2.75, 3.05) is 5.32 Å². The van der Waals surface area contributed by atoms with Gasteiger partial charge in [-0.25, -0.2) is 4.98 Å². The van der Waals surface area contributed by atoms with E-state index in [-0.39, 0.29) is 18.4 Å². The van der Waals surface area contributed by atoms with Crippen molar-refractivity contribution in [3.63, 3.8) is 0 Å². The van der Waals surface area contributed by atoms with Gasteiger partial charge in [-0.05, 0) is 58.7 Å². The zero-order valence-corrected chi connectivity index (χ0v) is 14.4. The molecule has 1 saturated carbocycles. The van der Waals surface area contributed by atoms with E-state index in [0.717, 1.165) is 45.9 Å². The van der Waals surface area contributed by atoms with Crippen molar-refractivity contribution in [2.24, 2.45) is 11.7 Å². The van der Waals surface area contributed by atoms with Crippen molar-refractivity contribution >= 4 is 22.5 Å². The lowest BCUT2D eigenvalue weighted by Crippen LogP contribution is -2.14. The summed E-state index contributed by atoms with van der Waals surface area (Å²) in [5.74, 6) is 0.803. The van der Waals surface area contributed by atoms with Gasteiger partial charge in [-0.1, -0.05) is 24.3 Å². The molecule has 1 heterocycles. The van der Waals surface area contributed by atoms with Gasteiger partial charge in [-0.3, -0.25) is 4.79 Å². The maximum absolute atomic E-state index is 11.9. The van der Waals surface area contributed by atoms with Crippen molar-refractivity contribution in [1.29, 1.82) is 0 Å². The molecule has 1 aliphatic rings. The highest BCUT2D eigenvalue weighted by atomic mass is 16.3. The smallest absolute Gasteiger partial charge is 0.228 e. The van der Waals surface area contributed by atoms with Gasteiger partial charge in [-0.15, -0.1) is 0 Å². The van der Waals surface area contributed by atoms with Crippen LogP contribution in [-0.4, -0.2) is 16.0 Å². The Labute approximate surface area is 151 Å². The molecule has 0 bridgehead atoms. The number of nitrogens with two attached hydrogens (primary N) is 1. The van der Waals surface area contributed by atoms with E-state index in [0.29, 0.717) is 12.4 Å². The predicted octanol–water partition coefficient (Wildman–Crippen LogP) is 3.20. The Morgan fingerprint density at radius 3 is 2.73 bits per heavy atom. The van der Waals surface area contributed by atoms with E-state index in [1.54, 1.807) is 6.20 Å². The summed E-state index contributed by atoms with van der Waals surface area (Å²) in [6, 6.07) is 13.8. The Kier molecular flexibility index (Phi) is 4.41. The first-order valence-electron chi connectivity index (χ1n) is 8.81. The second-order valence-corrected chi connectivity index (χ2v) is 6.75. The van der Waals surface area contributed by atoms with Gasteiger partial charge in [0.1, 0.15) is 5.82 Å². The number of aromatic nitrogens is 1. The molecule has 0 aliphatic heterocycles. The number of benzene rings is 2. The van der Waals surface area contributed by atoms with Gasteiger partial charge in [0.2, 0.25) is 5.91 Å². The summed E-state index contributed by atoms with van der Waals surface area (Å²) in [7, 11) is 0. The number of carbonyl (C=O) groups is 1. The topological polar surface area (TPSA) is 88.2 Å². The molecular formula is C21H21N3O2. The van der Waals surface area contributed by atoms with Crippen molar-refractivity contribution < 1.29 is 9.90 Å². The minimum absolute atomic E-state index is 0.00294. The van der Waals surface area contributed by atoms with Gasteiger partial charge in [0.15, 0.2) is 0 Å². The number of fused-ring (bicyclic) bond motifs is 1. The largest absolute Gasteiger partial charge is 0.392 e. The number of hydrogen-bond acceptors (Lipinski definition) is 4. The maximum Gasteiger partial charge on any atom is 0.228 e. The quantitative estimate of drug-likeness (QED) is 0.661. The monoisotopic (exact) mass is 347 g/mol. The van der Waals surface area contributed by atoms with Crippen LogP contribution in [0.3, 0.4) is 0 Å². The van der Waals surface area contributed by atoms with Crippen LogP contribution in [0.4, 0.5) is 5.82 Å². The van der Waals surface area contributed by atoms with Crippen molar-refractivity contribution in [3.05, 3.63) is 59.8 Å². The number of amides is 1. The Hall–Kier alpha value is -2.76. The Balaban J connectivity index is 1.68. The molecule has 1 aromatic heterocycles. The third kappa shape index (κ3) is 3.31. The SMILES string of the molecule is NCc1ccc(CO)cc1-c1ccc2cc(NC(=O)C3CC3)ncc2c1. The lowest BCUT2D eigenvalue weighted by molar-refractivity contribution is -0.117. The molecule has 1 fully saturated rings. The van der Waals surface area contributed by atoms with Crippen LogP contribution >= 0.6 is 0 Å². The van der Waals surface area contributed by atoms with Gasteiger partial charge >= 0.3 is 0 Å². The van der Waals surface area contributed by atoms with Gasteiger partial charge < -0.3 is 16.2 Å². The fraction of sp³-hybridized carbons (Fsp3) is 0.238. The fourth-order valence-electron chi connectivity index (χ4n) is 3.12. The number of nitrogens with one attached hydrogen (secondary N) is 1. The van der Waals surface area contributed by atoms with Gasteiger partial charge in [0.25, 0.3) is 0 Å². The van der Waals surface area contributed by atoms with Crippen LogP contribution in [0.5, 0.6) is 0 Å². The average molecular weight is 347 g/mol. The maximum atomic E-state index is 11.9. The van der Waals surface area contributed by atoms with Crippen molar-refractivity contribution in [1.82, 2.24) is 4.98 Å². The molecule has 0 saturated heterocycles. The lowest BCUT2D eigenvalue weighted by atomic mass is 9.96. The van der Waals surface area contributed by atoms with Crippen LogP contribution in [0.2, 0.25) is 0 Å². The number of hydrogen-bond donors (Lipinski definition) is 3. The van der Waals surface area contributed by atoms with Crippen LogP contribution in [-0.2, 0) is 17.9 Å². The Morgan fingerprint density at radius 2 is 2.00 bits per heavy atom. The van der Waals surface area contributed by atoms with Crippen LogP contribution in [0, 0.1) is 5.92 Å². The van der Waals surface area contributed by atoms with Crippen molar-refractivity contribution in [3.8, 4) is 11.1 Å². The molecule has 0 unspecified atom stereocenters. The highest BCUT2D eigenvalue weighted by molar-refractivity contribution is 5.96. The molecule has 0 spiro atoms. The molecule has 26 heavy (non-hydrogen) atoms. The number of pyridine rings is 1. The number of carbonyl (C=O) groups excluding carboxylic acids is 1. The molecule has 4 N–H and O–H groups in total. The van der Waals surface area contributed by atoms with E-state index in [1.165, 1.54) is 0 Å². The second-order valence-electron chi connectivity index (χ2n) is 6.75. The molecule has 0 radical (unpaired) electrons. The highest BCUT2D eigenvalue weighted by Gasteiger charge is 2.29. The number of nitrogens with zero attached hydrogens (tertiary/aromatic N) is 1. The Morgan fingerprint density at radius 1 is 1.15 bits per heavy atom. The molecule has 1 amide bonds. The summed E-state index contributed by atoms with van der Waals surface area (Å²) in [5.41, 5.74) is 9.81. The molecule has 0 atom stereocenters. The van der Waals surface area contributed by atoms with E-state index in [4.69, 9.17) is 5.73 Å². The number of aliphatic hydroxyl groups excluding tert-OH is 1. The van der Waals surface area contributed by atoms with Crippen LogP contribution < -0.4 is 11.1 Å². The number of rotatable bonds is 5. The third-order valence-corrected chi connectivity index (χ3v) is 4.81. The number of anilines is 1. The molecule has 5 nitrogen and oxygen atoms in total. The minimum atomic E-state index is -0.00294. The van der Waals surface area contributed by atoms with E-state index < -0.39 is 0 Å². The first kappa shape index (κ1) is 16.7. The molecule has 1 aliphatic carbocycles. The molecular weight excluding hydrogens is 326 g/mol. The van der Waals surface area contributed by atoms with Crippen LogP contribution in [0.25, 0.3) is 21.9 Å². The van der Waals surface area contributed by atoms with E-state index >= 15 is 0 Å². The zero-order valence-electron chi connectivity index (χ0n) is 14.4. The van der Waals surface area contributed by atoms with E-state index in [9.17, 15) is 9.90 Å². The Bertz CT molecular complexity index is 980. The second kappa shape index (κ2) is 6.86. The average Bonchev–Trinajstić information content (AvgIpc) is 3.52. The predicted molar refractivity (Wildman–Crippen MR) is 102 cm³/mol. The summed E-state index contributed by atoms with van der Waals surface area (Å²) >= 11 is 0. The summed E-state index contributed by atoms with van der Waals surface area (Å²) in [5, 5.41) is 14.3. The van der Waals surface area contributed by atoms with Crippen LogP contribution in [0.1, 0.15) is 24.0 Å². The summed E-state index contributed by atoms with van der Waals surface area (Å²) in [6.07, 6.45) is 3.72. The summed E-state index contributed by atoms with van der Waals surface area (Å²) < 4.78 is 0. The zero-order chi connectivity index (χ0) is 18.1. The minimum Gasteiger partial charge on any atom is -0.392 e. The van der Waals surface area contributed by atoms with Gasteiger partial charge in [0.05, 0.1) is 6.61 Å². The molecule has 3 aromatic rings. The van der Waals surface area contributed by atoms with E-state index in [2.05, 4.69) is 16.4 Å². The fourth-order valence-corrected chi connectivity index (χ4v) is 3.12. The molecule has 4 rings (SSSR count).